The van der Waals surface area contributed by atoms with Crippen molar-refractivity contribution in [3.05, 3.63) is 29.8 Å². The van der Waals surface area contributed by atoms with E-state index in [9.17, 15) is 0 Å². The van der Waals surface area contributed by atoms with Gasteiger partial charge in [-0.1, -0.05) is 19.1 Å². The van der Waals surface area contributed by atoms with Gasteiger partial charge < -0.3 is 19.9 Å². The lowest BCUT2D eigenvalue weighted by Crippen LogP contribution is -2.47. The number of thioether (sulfide) groups is 1. The second-order valence-corrected chi connectivity index (χ2v) is 7.96. The van der Waals surface area contributed by atoms with Gasteiger partial charge in [-0.25, -0.2) is 0 Å². The molecule has 0 aromatic heterocycles. The minimum Gasteiger partial charge on any atom is -0.492 e. The van der Waals surface area contributed by atoms with Gasteiger partial charge in [0, 0.05) is 44.2 Å². The molecule has 0 aliphatic carbocycles. The molecule has 1 aliphatic heterocycles. The second kappa shape index (κ2) is 10.6. The molecule has 0 radical (unpaired) electrons. The van der Waals surface area contributed by atoms with Gasteiger partial charge in [-0.3, -0.25) is 4.99 Å². The molecule has 0 spiro atoms. The van der Waals surface area contributed by atoms with Crippen molar-refractivity contribution >= 4 is 17.7 Å². The van der Waals surface area contributed by atoms with Gasteiger partial charge in [0.05, 0.1) is 0 Å². The average molecular weight is 365 g/mol. The van der Waals surface area contributed by atoms with Crippen LogP contribution in [0.2, 0.25) is 0 Å². The SMILES string of the molecule is CCC1CN(C(=NC)NCc2cccc(OCCN(C)C)c2)CCS1. The number of aliphatic imine (C=N–C) groups is 1. The number of hydrogen-bond donors (Lipinski definition) is 1. The minimum absolute atomic E-state index is 0.704. The quantitative estimate of drug-likeness (QED) is 0.595. The smallest absolute Gasteiger partial charge is 0.193 e. The zero-order valence-corrected chi connectivity index (χ0v) is 16.8. The standard InChI is InChI=1S/C19H32N4OS/c1-5-18-15-23(10-12-25-18)19(20-2)21-14-16-7-6-8-17(13-16)24-11-9-22(3)4/h6-8,13,18H,5,9-12,14-15H2,1-4H3,(H,20,21). The molecule has 1 aromatic rings. The molecule has 1 unspecified atom stereocenters. The van der Waals surface area contributed by atoms with Crippen molar-refractivity contribution < 1.29 is 4.74 Å². The third kappa shape index (κ3) is 6.78. The van der Waals surface area contributed by atoms with Crippen molar-refractivity contribution in [2.75, 3.05) is 53.1 Å². The van der Waals surface area contributed by atoms with E-state index in [2.05, 4.69) is 71.1 Å². The third-order valence-electron chi connectivity index (χ3n) is 4.26. The highest BCUT2D eigenvalue weighted by molar-refractivity contribution is 8.00. The van der Waals surface area contributed by atoms with Gasteiger partial charge in [0.25, 0.3) is 0 Å². The molecule has 1 aromatic carbocycles. The second-order valence-electron chi connectivity index (χ2n) is 6.55. The van der Waals surface area contributed by atoms with Crippen LogP contribution < -0.4 is 10.1 Å². The first-order chi connectivity index (χ1) is 12.1. The highest BCUT2D eigenvalue weighted by atomic mass is 32.2. The van der Waals surface area contributed by atoms with Crippen LogP contribution in [0.15, 0.2) is 29.3 Å². The summed E-state index contributed by atoms with van der Waals surface area (Å²) in [6.07, 6.45) is 1.21. The lowest BCUT2D eigenvalue weighted by molar-refractivity contribution is 0.261. The molecule has 1 atom stereocenters. The number of likely N-dealkylation sites (N-methyl/N-ethyl adjacent to an activating group) is 1. The number of ether oxygens (including phenoxy) is 1. The molecule has 1 fully saturated rings. The molecule has 6 heteroatoms. The monoisotopic (exact) mass is 364 g/mol. The van der Waals surface area contributed by atoms with E-state index in [-0.39, 0.29) is 0 Å². The largest absolute Gasteiger partial charge is 0.492 e. The number of rotatable bonds is 7. The van der Waals surface area contributed by atoms with Crippen LogP contribution in [0.1, 0.15) is 18.9 Å². The van der Waals surface area contributed by atoms with Crippen molar-refractivity contribution in [2.45, 2.75) is 25.1 Å². The maximum atomic E-state index is 5.82. The molecule has 140 valence electrons. The van der Waals surface area contributed by atoms with E-state index in [1.807, 2.05) is 13.1 Å². The first kappa shape index (κ1) is 19.9. The molecule has 1 aliphatic rings. The summed E-state index contributed by atoms with van der Waals surface area (Å²) in [6, 6.07) is 8.30. The molecule has 1 saturated heterocycles. The van der Waals surface area contributed by atoms with Gasteiger partial charge in [-0.2, -0.15) is 11.8 Å². The minimum atomic E-state index is 0.704. The first-order valence-electron chi connectivity index (χ1n) is 9.06. The van der Waals surface area contributed by atoms with E-state index in [0.29, 0.717) is 11.9 Å². The summed E-state index contributed by atoms with van der Waals surface area (Å²) in [5, 5.41) is 4.21. The van der Waals surface area contributed by atoms with Crippen LogP contribution in [0.25, 0.3) is 0 Å². The first-order valence-corrected chi connectivity index (χ1v) is 10.1. The Morgan fingerprint density at radius 2 is 2.28 bits per heavy atom. The van der Waals surface area contributed by atoms with E-state index in [4.69, 9.17) is 4.74 Å². The maximum absolute atomic E-state index is 5.82. The molecular formula is C19H32N4OS. The molecule has 0 saturated carbocycles. The third-order valence-corrected chi connectivity index (χ3v) is 5.63. The predicted molar refractivity (Wildman–Crippen MR) is 109 cm³/mol. The Morgan fingerprint density at radius 1 is 1.44 bits per heavy atom. The molecule has 1 heterocycles. The highest BCUT2D eigenvalue weighted by Gasteiger charge is 2.21. The van der Waals surface area contributed by atoms with Gasteiger partial charge >= 0.3 is 0 Å². The number of hydrogen-bond acceptors (Lipinski definition) is 4. The molecule has 1 N–H and O–H groups in total. The van der Waals surface area contributed by atoms with Crippen molar-refractivity contribution in [1.29, 1.82) is 0 Å². The molecule has 0 amide bonds. The fourth-order valence-electron chi connectivity index (χ4n) is 2.76. The molecule has 25 heavy (non-hydrogen) atoms. The van der Waals surface area contributed by atoms with E-state index < -0.39 is 0 Å². The van der Waals surface area contributed by atoms with Crippen molar-refractivity contribution in [1.82, 2.24) is 15.1 Å². The fourth-order valence-corrected chi connectivity index (χ4v) is 3.94. The summed E-state index contributed by atoms with van der Waals surface area (Å²) in [6.45, 7) is 6.79. The Morgan fingerprint density at radius 3 is 3.00 bits per heavy atom. The zero-order chi connectivity index (χ0) is 18.1. The Kier molecular flexibility index (Phi) is 8.41. The number of nitrogens with one attached hydrogen (secondary N) is 1. The van der Waals surface area contributed by atoms with Crippen LogP contribution in [0.4, 0.5) is 0 Å². The summed E-state index contributed by atoms with van der Waals surface area (Å²) in [7, 11) is 5.97. The predicted octanol–water partition coefficient (Wildman–Crippen LogP) is 2.53. The van der Waals surface area contributed by atoms with Gasteiger partial charge in [0.15, 0.2) is 5.96 Å². The molecule has 5 nitrogen and oxygen atoms in total. The lowest BCUT2D eigenvalue weighted by atomic mass is 10.2. The maximum Gasteiger partial charge on any atom is 0.193 e. The lowest BCUT2D eigenvalue weighted by Gasteiger charge is -2.34. The van der Waals surface area contributed by atoms with Crippen LogP contribution in [0, 0.1) is 0 Å². The van der Waals surface area contributed by atoms with Gasteiger partial charge in [-0.15, -0.1) is 0 Å². The summed E-state index contributed by atoms with van der Waals surface area (Å²) < 4.78 is 5.82. The van der Waals surface area contributed by atoms with Crippen molar-refractivity contribution in [2.24, 2.45) is 4.99 Å². The summed E-state index contributed by atoms with van der Waals surface area (Å²) >= 11 is 2.08. The summed E-state index contributed by atoms with van der Waals surface area (Å²) in [5.41, 5.74) is 1.21. The van der Waals surface area contributed by atoms with Crippen molar-refractivity contribution in [3.63, 3.8) is 0 Å². The van der Waals surface area contributed by atoms with Crippen LogP contribution in [0.3, 0.4) is 0 Å². The summed E-state index contributed by atoms with van der Waals surface area (Å²) in [4.78, 5) is 8.97. The highest BCUT2D eigenvalue weighted by Crippen LogP contribution is 2.21. The van der Waals surface area contributed by atoms with E-state index >= 15 is 0 Å². The average Bonchev–Trinajstić information content (AvgIpc) is 2.62. The fraction of sp³-hybridized carbons (Fsp3) is 0.632. The Labute approximate surface area is 156 Å². The van der Waals surface area contributed by atoms with Crippen LogP contribution in [-0.4, -0.2) is 74.1 Å². The molecule has 2 rings (SSSR count). The van der Waals surface area contributed by atoms with Crippen LogP contribution in [-0.2, 0) is 6.54 Å². The Bertz CT molecular complexity index is 550. The number of guanidine groups is 1. The molecular weight excluding hydrogens is 332 g/mol. The van der Waals surface area contributed by atoms with Crippen LogP contribution in [0.5, 0.6) is 5.75 Å². The van der Waals surface area contributed by atoms with Gasteiger partial charge in [0.1, 0.15) is 12.4 Å². The zero-order valence-electron chi connectivity index (χ0n) is 16.0. The molecule has 0 bridgehead atoms. The number of nitrogens with zero attached hydrogens (tertiary/aromatic N) is 3. The van der Waals surface area contributed by atoms with Crippen LogP contribution >= 0.6 is 11.8 Å². The van der Waals surface area contributed by atoms with E-state index in [0.717, 1.165) is 37.9 Å². The topological polar surface area (TPSA) is 40.1 Å². The van der Waals surface area contributed by atoms with Gasteiger partial charge in [-0.05, 0) is 38.2 Å². The van der Waals surface area contributed by atoms with E-state index in [1.54, 1.807) is 0 Å². The van der Waals surface area contributed by atoms with E-state index in [1.165, 1.54) is 17.7 Å². The Balaban J connectivity index is 1.86. The van der Waals surface area contributed by atoms with Crippen molar-refractivity contribution in [3.8, 4) is 5.75 Å². The Hall–Kier alpha value is -1.40. The normalized spacial score (nSPS) is 18.5. The number of benzene rings is 1. The van der Waals surface area contributed by atoms with Gasteiger partial charge in [0.2, 0.25) is 0 Å². The summed E-state index contributed by atoms with van der Waals surface area (Å²) in [5.74, 6) is 3.10.